The first kappa shape index (κ1) is 20.8. The van der Waals surface area contributed by atoms with Crippen LogP contribution in [-0.4, -0.2) is 37.0 Å². The van der Waals surface area contributed by atoms with Crippen LogP contribution in [-0.2, 0) is 21.7 Å². The molecule has 9 heteroatoms. The van der Waals surface area contributed by atoms with Gasteiger partial charge in [-0.3, -0.25) is 0 Å². The molecule has 1 aromatic heterocycles. The summed E-state index contributed by atoms with van der Waals surface area (Å²) in [4.78, 5) is 7.40. The predicted octanol–water partition coefficient (Wildman–Crippen LogP) is 4.61. The Morgan fingerprint density at radius 1 is 1.20 bits per heavy atom. The van der Waals surface area contributed by atoms with Crippen molar-refractivity contribution in [3.05, 3.63) is 70.2 Å². The van der Waals surface area contributed by atoms with E-state index in [2.05, 4.69) is 15.3 Å². The molecule has 1 fully saturated rings. The van der Waals surface area contributed by atoms with Gasteiger partial charge < -0.3 is 29.2 Å². The number of aromatic nitrogens is 2. The minimum atomic E-state index is -1.13. The second-order valence-corrected chi connectivity index (χ2v) is 7.56. The maximum Gasteiger partial charge on any atom is 0.205 e. The Morgan fingerprint density at radius 3 is 2.77 bits per heavy atom. The van der Waals surface area contributed by atoms with E-state index in [4.69, 9.17) is 42.1 Å². The zero-order chi connectivity index (χ0) is 21.1. The highest BCUT2D eigenvalue weighted by Gasteiger charge is 2.45. The SMILES string of the molecule is COc1ccc(NC2COC(Cc3ncc[nH]3)(c3ccc(Cl)cc3Cl)O2)c(OC)c1. The molecule has 1 aliphatic rings. The molecule has 3 aromatic rings. The molecule has 0 spiro atoms. The van der Waals surface area contributed by atoms with E-state index in [9.17, 15) is 0 Å². The first-order valence-corrected chi connectivity index (χ1v) is 10.0. The van der Waals surface area contributed by atoms with Gasteiger partial charge in [0.15, 0.2) is 6.23 Å². The minimum absolute atomic E-state index is 0.287. The average Bonchev–Trinajstić information content (AvgIpc) is 3.39. The minimum Gasteiger partial charge on any atom is -0.497 e. The number of imidazole rings is 1. The van der Waals surface area contributed by atoms with Crippen molar-refractivity contribution in [3.63, 3.8) is 0 Å². The van der Waals surface area contributed by atoms with Crippen LogP contribution in [0.25, 0.3) is 0 Å². The number of anilines is 1. The number of H-pyrrole nitrogens is 1. The summed E-state index contributed by atoms with van der Waals surface area (Å²) in [7, 11) is 3.20. The molecule has 0 amide bonds. The number of hydrogen-bond acceptors (Lipinski definition) is 6. The van der Waals surface area contributed by atoms with Gasteiger partial charge in [-0.1, -0.05) is 29.3 Å². The summed E-state index contributed by atoms with van der Waals surface area (Å²) in [5.74, 6) is 0.910. The third kappa shape index (κ3) is 4.20. The van der Waals surface area contributed by atoms with Crippen molar-refractivity contribution >= 4 is 28.9 Å². The Morgan fingerprint density at radius 2 is 2.07 bits per heavy atom. The van der Waals surface area contributed by atoms with E-state index in [0.29, 0.717) is 39.4 Å². The van der Waals surface area contributed by atoms with Gasteiger partial charge in [-0.15, -0.1) is 0 Å². The molecular weight excluding hydrogens is 429 g/mol. The monoisotopic (exact) mass is 449 g/mol. The molecule has 2 atom stereocenters. The molecule has 1 aliphatic heterocycles. The zero-order valence-electron chi connectivity index (χ0n) is 16.4. The molecule has 4 rings (SSSR count). The lowest BCUT2D eigenvalue weighted by Crippen LogP contribution is -2.33. The molecule has 2 N–H and O–H groups in total. The van der Waals surface area contributed by atoms with Crippen molar-refractivity contribution in [2.24, 2.45) is 0 Å². The fraction of sp³-hybridized carbons (Fsp3) is 0.286. The van der Waals surface area contributed by atoms with Crippen LogP contribution in [0.5, 0.6) is 11.5 Å². The largest absolute Gasteiger partial charge is 0.497 e. The Hall–Kier alpha value is -2.45. The van der Waals surface area contributed by atoms with Gasteiger partial charge in [0.05, 0.1) is 38.0 Å². The van der Waals surface area contributed by atoms with Crippen molar-refractivity contribution in [2.75, 3.05) is 26.1 Å². The highest BCUT2D eigenvalue weighted by atomic mass is 35.5. The highest BCUT2D eigenvalue weighted by Crippen LogP contribution is 2.42. The summed E-state index contributed by atoms with van der Waals surface area (Å²) in [6.45, 7) is 0.287. The van der Waals surface area contributed by atoms with Crippen LogP contribution < -0.4 is 14.8 Å². The first-order chi connectivity index (χ1) is 14.5. The van der Waals surface area contributed by atoms with Crippen LogP contribution in [0.1, 0.15) is 11.4 Å². The van der Waals surface area contributed by atoms with Crippen LogP contribution in [0.15, 0.2) is 48.8 Å². The molecule has 2 heterocycles. The molecule has 30 heavy (non-hydrogen) atoms. The molecule has 0 saturated carbocycles. The van der Waals surface area contributed by atoms with E-state index in [1.165, 1.54) is 0 Å². The van der Waals surface area contributed by atoms with Gasteiger partial charge in [0, 0.05) is 29.0 Å². The molecule has 2 aromatic carbocycles. The summed E-state index contributed by atoms with van der Waals surface area (Å²) in [5.41, 5.74) is 1.43. The van der Waals surface area contributed by atoms with E-state index < -0.39 is 12.0 Å². The molecule has 2 unspecified atom stereocenters. The second-order valence-electron chi connectivity index (χ2n) is 6.72. The maximum atomic E-state index is 6.50. The van der Waals surface area contributed by atoms with Crippen LogP contribution in [0.3, 0.4) is 0 Å². The van der Waals surface area contributed by atoms with Crippen molar-refractivity contribution in [2.45, 2.75) is 18.4 Å². The third-order valence-electron chi connectivity index (χ3n) is 4.82. The molecule has 0 radical (unpaired) electrons. The average molecular weight is 450 g/mol. The Kier molecular flexibility index (Phi) is 6.06. The molecular formula is C21H21Cl2N3O4. The Balaban J connectivity index is 1.62. The molecule has 158 valence electrons. The summed E-state index contributed by atoms with van der Waals surface area (Å²) in [6.07, 6.45) is 3.33. The van der Waals surface area contributed by atoms with Crippen LogP contribution in [0.4, 0.5) is 5.69 Å². The maximum absolute atomic E-state index is 6.50. The van der Waals surface area contributed by atoms with Gasteiger partial charge in [-0.05, 0) is 24.3 Å². The standard InChI is InChI=1S/C21H21Cl2N3O4/c1-27-14-4-6-17(18(10-14)28-2)26-20-12-29-21(30-20,11-19-24-7-8-25-19)15-5-3-13(22)9-16(15)23/h3-10,20,26H,11-12H2,1-2H3,(H,24,25). The van der Waals surface area contributed by atoms with Crippen LogP contribution in [0, 0.1) is 0 Å². The zero-order valence-corrected chi connectivity index (χ0v) is 18.0. The number of benzene rings is 2. The normalized spacial score (nSPS) is 20.9. The number of ether oxygens (including phenoxy) is 4. The van der Waals surface area contributed by atoms with Gasteiger partial charge >= 0.3 is 0 Å². The number of hydrogen-bond donors (Lipinski definition) is 2. The summed E-state index contributed by atoms with van der Waals surface area (Å²) < 4.78 is 23.3. The smallest absolute Gasteiger partial charge is 0.205 e. The van der Waals surface area contributed by atoms with E-state index in [1.54, 1.807) is 44.8 Å². The number of aromatic amines is 1. The lowest BCUT2D eigenvalue weighted by atomic mass is 10.0. The molecule has 0 aliphatic carbocycles. The first-order valence-electron chi connectivity index (χ1n) is 9.27. The second kappa shape index (κ2) is 8.73. The number of methoxy groups -OCH3 is 2. The van der Waals surface area contributed by atoms with Crippen LogP contribution >= 0.6 is 23.2 Å². The highest BCUT2D eigenvalue weighted by molar-refractivity contribution is 6.35. The van der Waals surface area contributed by atoms with E-state index in [0.717, 1.165) is 5.69 Å². The Labute approximate surface area is 184 Å². The molecule has 0 bridgehead atoms. The van der Waals surface area contributed by atoms with Crippen molar-refractivity contribution in [3.8, 4) is 11.5 Å². The lowest BCUT2D eigenvalue weighted by molar-refractivity contribution is -0.174. The van der Waals surface area contributed by atoms with E-state index >= 15 is 0 Å². The molecule has 1 saturated heterocycles. The predicted molar refractivity (Wildman–Crippen MR) is 114 cm³/mol. The number of nitrogens with zero attached hydrogens (tertiary/aromatic N) is 1. The van der Waals surface area contributed by atoms with Crippen molar-refractivity contribution < 1.29 is 18.9 Å². The van der Waals surface area contributed by atoms with Gasteiger partial charge in [-0.2, -0.15) is 0 Å². The topological polar surface area (TPSA) is 77.6 Å². The number of nitrogens with one attached hydrogen (secondary N) is 2. The van der Waals surface area contributed by atoms with Gasteiger partial charge in [0.1, 0.15) is 17.3 Å². The Bertz CT molecular complexity index is 1020. The fourth-order valence-corrected chi connectivity index (χ4v) is 3.97. The number of rotatable bonds is 7. The van der Waals surface area contributed by atoms with Gasteiger partial charge in [0.25, 0.3) is 0 Å². The van der Waals surface area contributed by atoms with Crippen LogP contribution in [0.2, 0.25) is 10.0 Å². The molecule has 7 nitrogen and oxygen atoms in total. The van der Waals surface area contributed by atoms with Gasteiger partial charge in [0.2, 0.25) is 5.79 Å². The van der Waals surface area contributed by atoms with Crippen molar-refractivity contribution in [1.82, 2.24) is 9.97 Å². The summed E-state index contributed by atoms with van der Waals surface area (Å²) in [5, 5.41) is 4.31. The van der Waals surface area contributed by atoms with E-state index in [1.807, 2.05) is 18.2 Å². The summed E-state index contributed by atoms with van der Waals surface area (Å²) in [6, 6.07) is 10.7. The lowest BCUT2D eigenvalue weighted by Gasteiger charge is -2.29. The van der Waals surface area contributed by atoms with Gasteiger partial charge in [-0.25, -0.2) is 4.98 Å². The summed E-state index contributed by atoms with van der Waals surface area (Å²) >= 11 is 12.6. The number of halogens is 2. The fourth-order valence-electron chi connectivity index (χ4n) is 3.41. The van der Waals surface area contributed by atoms with E-state index in [-0.39, 0.29) is 6.61 Å². The van der Waals surface area contributed by atoms with Crippen molar-refractivity contribution in [1.29, 1.82) is 0 Å². The quantitative estimate of drug-likeness (QED) is 0.548. The third-order valence-corrected chi connectivity index (χ3v) is 5.37.